The van der Waals surface area contributed by atoms with Crippen LogP contribution in [-0.2, 0) is 21.8 Å². The second kappa shape index (κ2) is 9.63. The molecule has 0 aromatic carbocycles. The normalized spacial score (nSPS) is 25.0. The third-order valence-corrected chi connectivity index (χ3v) is 6.47. The Balaban J connectivity index is 1.56. The van der Waals surface area contributed by atoms with E-state index in [2.05, 4.69) is 18.8 Å². The Bertz CT molecular complexity index is 656. The lowest BCUT2D eigenvalue weighted by atomic mass is 10.1. The van der Waals surface area contributed by atoms with Crippen molar-refractivity contribution in [2.75, 3.05) is 6.61 Å². The fourth-order valence-electron chi connectivity index (χ4n) is 3.37. The minimum atomic E-state index is -1.15. The number of aryl methyl sites for hydroxylation is 1. The van der Waals surface area contributed by atoms with Crippen LogP contribution in [0.2, 0.25) is 0 Å². The maximum Gasteiger partial charge on any atom is 0.326 e. The fraction of sp³-hybridized carbons (Fsp3) is 0.765. The van der Waals surface area contributed by atoms with E-state index in [0.717, 1.165) is 38.5 Å². The lowest BCUT2D eigenvalue weighted by Crippen LogP contribution is -2.22. The van der Waals surface area contributed by atoms with Crippen LogP contribution in [0.25, 0.3) is 0 Å². The van der Waals surface area contributed by atoms with Gasteiger partial charge >= 0.3 is 5.69 Å². The molecular formula is C17H28N2O3S2. The zero-order valence-corrected chi connectivity index (χ0v) is 16.2. The molecule has 0 amide bonds. The zero-order valence-electron chi connectivity index (χ0n) is 14.5. The summed E-state index contributed by atoms with van der Waals surface area (Å²) in [6.07, 6.45) is 7.79. The van der Waals surface area contributed by atoms with Gasteiger partial charge in [-0.25, -0.2) is 9.00 Å². The highest BCUT2D eigenvalue weighted by atomic mass is 32.2. The predicted octanol–water partition coefficient (Wildman–Crippen LogP) is 3.58. The molecule has 1 fully saturated rings. The summed E-state index contributed by atoms with van der Waals surface area (Å²) in [6, 6.07) is 1.73. The molecule has 136 valence electrons. The minimum absolute atomic E-state index is 0.152. The molecule has 0 radical (unpaired) electrons. The van der Waals surface area contributed by atoms with Gasteiger partial charge in [-0.3, -0.25) is 9.17 Å². The summed E-state index contributed by atoms with van der Waals surface area (Å²) in [5, 5.41) is 0.204. The van der Waals surface area contributed by atoms with E-state index in [1.165, 1.54) is 0 Å². The van der Waals surface area contributed by atoms with Crippen LogP contribution in [0.5, 0.6) is 0 Å². The monoisotopic (exact) mass is 372 g/mol. The molecule has 4 atom stereocenters. The average molecular weight is 373 g/mol. The van der Waals surface area contributed by atoms with Gasteiger partial charge in [-0.1, -0.05) is 38.9 Å². The summed E-state index contributed by atoms with van der Waals surface area (Å²) in [7, 11) is 0. The van der Waals surface area contributed by atoms with Gasteiger partial charge in [0.05, 0.1) is 11.9 Å². The van der Waals surface area contributed by atoms with Crippen molar-refractivity contribution in [1.29, 1.82) is 0 Å². The number of aromatic amines is 1. The Morgan fingerprint density at radius 3 is 2.71 bits per heavy atom. The number of unbranched alkanes of at least 4 members (excludes halogenated alkanes) is 3. The van der Waals surface area contributed by atoms with Gasteiger partial charge in [0.15, 0.2) is 11.1 Å². The summed E-state index contributed by atoms with van der Waals surface area (Å²) in [6.45, 7) is 5.64. The maximum atomic E-state index is 12.2. The molecule has 1 aliphatic rings. The van der Waals surface area contributed by atoms with E-state index in [1.54, 1.807) is 16.8 Å². The molecule has 0 saturated heterocycles. The number of nitrogens with zero attached hydrogens (tertiary/aromatic N) is 1. The van der Waals surface area contributed by atoms with Crippen LogP contribution in [0.1, 0.15) is 52.4 Å². The topological polar surface area (TPSA) is 64.1 Å². The Morgan fingerprint density at radius 2 is 2.04 bits per heavy atom. The number of aromatic nitrogens is 2. The highest BCUT2D eigenvalue weighted by Gasteiger charge is 2.33. The molecule has 0 spiro atoms. The number of H-pyrrole nitrogens is 1. The molecule has 0 aliphatic heterocycles. The van der Waals surface area contributed by atoms with E-state index in [-0.39, 0.29) is 10.9 Å². The number of rotatable bonds is 9. The summed E-state index contributed by atoms with van der Waals surface area (Å²) in [5.74, 6) is 1.16. The van der Waals surface area contributed by atoms with Crippen molar-refractivity contribution in [2.45, 2.75) is 64.2 Å². The second-order valence-electron chi connectivity index (χ2n) is 6.89. The molecule has 1 heterocycles. The van der Waals surface area contributed by atoms with E-state index >= 15 is 0 Å². The summed E-state index contributed by atoms with van der Waals surface area (Å²) in [5.41, 5.74) is -0.152. The van der Waals surface area contributed by atoms with Crippen molar-refractivity contribution in [1.82, 2.24) is 9.55 Å². The van der Waals surface area contributed by atoms with Crippen LogP contribution in [0, 0.1) is 16.5 Å². The van der Waals surface area contributed by atoms with Gasteiger partial charge in [0, 0.05) is 12.7 Å². The Labute approximate surface area is 151 Å². The molecule has 2 rings (SSSR count). The van der Waals surface area contributed by atoms with E-state index < -0.39 is 11.1 Å². The lowest BCUT2D eigenvalue weighted by molar-refractivity contribution is 0.323. The molecule has 5 nitrogen and oxygen atoms in total. The standard InChI is InChI=1S/C17H28N2O3S2/c1-13-11-14(2)15(12-13)24(21)22-10-6-4-3-5-8-19-9-7-16(23)18-17(19)20/h7,9,13-15H,3-6,8,10-12H2,1-2H3,(H,18,20,23). The van der Waals surface area contributed by atoms with Crippen LogP contribution < -0.4 is 5.69 Å². The molecule has 0 bridgehead atoms. The molecule has 1 aromatic rings. The van der Waals surface area contributed by atoms with Crippen molar-refractivity contribution < 1.29 is 8.39 Å². The first kappa shape index (κ1) is 19.5. The highest BCUT2D eigenvalue weighted by molar-refractivity contribution is 7.80. The SMILES string of the molecule is CC1CC(C)C(S(=O)OCCCCCCn2ccc(=S)[nH]c2=O)C1. The van der Waals surface area contributed by atoms with Crippen LogP contribution in [0.15, 0.2) is 17.1 Å². The van der Waals surface area contributed by atoms with Crippen molar-refractivity contribution in [2.24, 2.45) is 11.8 Å². The highest BCUT2D eigenvalue weighted by Crippen LogP contribution is 2.34. The third-order valence-electron chi connectivity index (χ3n) is 4.68. The molecule has 24 heavy (non-hydrogen) atoms. The van der Waals surface area contributed by atoms with E-state index in [1.807, 2.05) is 0 Å². The largest absolute Gasteiger partial charge is 0.326 e. The lowest BCUT2D eigenvalue weighted by Gasteiger charge is -2.14. The van der Waals surface area contributed by atoms with Gasteiger partial charge in [-0.2, -0.15) is 0 Å². The van der Waals surface area contributed by atoms with Crippen LogP contribution >= 0.6 is 12.2 Å². The second-order valence-corrected chi connectivity index (χ2v) is 8.69. The van der Waals surface area contributed by atoms with Gasteiger partial charge in [0.2, 0.25) is 0 Å². The van der Waals surface area contributed by atoms with Crippen molar-refractivity contribution >= 4 is 23.3 Å². The van der Waals surface area contributed by atoms with E-state index in [4.69, 9.17) is 16.4 Å². The van der Waals surface area contributed by atoms with Crippen LogP contribution in [0.4, 0.5) is 0 Å². The molecule has 1 aromatic heterocycles. The first-order chi connectivity index (χ1) is 11.5. The van der Waals surface area contributed by atoms with Gasteiger partial charge < -0.3 is 4.57 Å². The van der Waals surface area contributed by atoms with E-state index in [9.17, 15) is 9.00 Å². The summed E-state index contributed by atoms with van der Waals surface area (Å²) < 4.78 is 19.8. The molecular weight excluding hydrogens is 344 g/mol. The first-order valence-corrected chi connectivity index (χ1v) is 10.4. The molecule has 1 saturated carbocycles. The first-order valence-electron chi connectivity index (χ1n) is 8.81. The maximum absolute atomic E-state index is 12.2. The number of nitrogens with one attached hydrogen (secondary N) is 1. The number of hydrogen-bond acceptors (Lipinski definition) is 4. The van der Waals surface area contributed by atoms with Gasteiger partial charge in [0.25, 0.3) is 0 Å². The fourth-order valence-corrected chi connectivity index (χ4v) is 4.95. The van der Waals surface area contributed by atoms with Crippen molar-refractivity contribution in [3.63, 3.8) is 0 Å². The average Bonchev–Trinajstić information content (AvgIpc) is 2.86. The quantitative estimate of drug-likeness (QED) is 0.531. The zero-order chi connectivity index (χ0) is 17.5. The Kier molecular flexibility index (Phi) is 7.84. The Morgan fingerprint density at radius 1 is 1.29 bits per heavy atom. The van der Waals surface area contributed by atoms with Crippen LogP contribution in [-0.4, -0.2) is 25.6 Å². The summed E-state index contributed by atoms with van der Waals surface area (Å²) >= 11 is 3.76. The van der Waals surface area contributed by atoms with Crippen molar-refractivity contribution in [3.8, 4) is 0 Å². The summed E-state index contributed by atoms with van der Waals surface area (Å²) in [4.78, 5) is 14.3. The number of hydrogen-bond donors (Lipinski definition) is 1. The van der Waals surface area contributed by atoms with Gasteiger partial charge in [-0.15, -0.1) is 0 Å². The molecule has 4 unspecified atom stereocenters. The van der Waals surface area contributed by atoms with Crippen LogP contribution in [0.3, 0.4) is 0 Å². The van der Waals surface area contributed by atoms with E-state index in [0.29, 0.717) is 29.6 Å². The predicted molar refractivity (Wildman–Crippen MR) is 99.8 cm³/mol. The minimum Gasteiger partial charge on any atom is -0.301 e. The van der Waals surface area contributed by atoms with Gasteiger partial charge in [0.1, 0.15) is 4.64 Å². The molecule has 7 heteroatoms. The molecule has 1 aliphatic carbocycles. The van der Waals surface area contributed by atoms with Crippen molar-refractivity contribution in [3.05, 3.63) is 27.4 Å². The van der Waals surface area contributed by atoms with Gasteiger partial charge in [-0.05, 0) is 43.6 Å². The smallest absolute Gasteiger partial charge is 0.301 e. The third kappa shape index (κ3) is 5.93. The Hall–Kier alpha value is -0.790. The molecule has 1 N–H and O–H groups in total.